The molecule has 0 aliphatic carbocycles. The van der Waals surface area contributed by atoms with Gasteiger partial charge in [0.1, 0.15) is 6.04 Å². The van der Waals surface area contributed by atoms with Crippen LogP contribution >= 0.6 is 0 Å². The highest BCUT2D eigenvalue weighted by Gasteiger charge is 2.26. The summed E-state index contributed by atoms with van der Waals surface area (Å²) in [5.74, 6) is -0.318. The summed E-state index contributed by atoms with van der Waals surface area (Å²) in [6, 6.07) is 6.06. The Morgan fingerprint density at radius 3 is 2.67 bits per heavy atom. The predicted molar refractivity (Wildman–Crippen MR) is 78.9 cm³/mol. The number of amides is 3. The largest absolute Gasteiger partial charge is 0.344 e. The molecule has 1 fully saturated rings. The van der Waals surface area contributed by atoms with Gasteiger partial charge < -0.3 is 15.5 Å². The van der Waals surface area contributed by atoms with Crippen LogP contribution in [0.4, 0.5) is 5.69 Å². The summed E-state index contributed by atoms with van der Waals surface area (Å²) in [5.41, 5.74) is 1.08. The third kappa shape index (κ3) is 3.81. The summed E-state index contributed by atoms with van der Waals surface area (Å²) >= 11 is 0. The van der Waals surface area contributed by atoms with E-state index in [0.717, 1.165) is 19.4 Å². The lowest BCUT2D eigenvalue weighted by Gasteiger charge is -2.20. The summed E-state index contributed by atoms with van der Waals surface area (Å²) in [6.07, 6.45) is 3.12. The average Bonchev–Trinajstić information content (AvgIpc) is 2.64. The molecule has 1 atom stereocenters. The lowest BCUT2D eigenvalue weighted by atomic mass is 10.1. The Balaban J connectivity index is 2.02. The van der Waals surface area contributed by atoms with E-state index in [2.05, 4.69) is 10.6 Å². The van der Waals surface area contributed by atoms with Gasteiger partial charge in [0, 0.05) is 24.8 Å². The Morgan fingerprint density at radius 1 is 1.29 bits per heavy atom. The lowest BCUT2D eigenvalue weighted by Crippen LogP contribution is -2.46. The van der Waals surface area contributed by atoms with Crippen molar-refractivity contribution in [3.8, 4) is 0 Å². The van der Waals surface area contributed by atoms with Crippen molar-refractivity contribution < 1.29 is 14.4 Å². The molecule has 1 unspecified atom stereocenters. The SMILES string of the molecule is CN1CCCCC(NC(=O)c2ccc(NC=O)cc2)C1=O. The van der Waals surface area contributed by atoms with Crippen LogP contribution in [0.2, 0.25) is 0 Å². The topological polar surface area (TPSA) is 78.5 Å². The van der Waals surface area contributed by atoms with E-state index in [9.17, 15) is 14.4 Å². The van der Waals surface area contributed by atoms with Crippen LogP contribution in [0, 0.1) is 0 Å². The standard InChI is InChI=1S/C15H19N3O3/c1-18-9-3-2-4-13(15(18)21)17-14(20)11-5-7-12(8-6-11)16-10-19/h5-8,10,13H,2-4,9H2,1H3,(H,16,19)(H,17,20). The number of carbonyl (C=O) groups excluding carboxylic acids is 3. The number of likely N-dealkylation sites (N-methyl/N-ethyl adjacent to an activating group) is 1. The highest BCUT2D eigenvalue weighted by atomic mass is 16.2. The van der Waals surface area contributed by atoms with Crippen LogP contribution in [0.1, 0.15) is 29.6 Å². The van der Waals surface area contributed by atoms with Gasteiger partial charge >= 0.3 is 0 Å². The van der Waals surface area contributed by atoms with Crippen molar-refractivity contribution >= 4 is 23.9 Å². The smallest absolute Gasteiger partial charge is 0.251 e. The monoisotopic (exact) mass is 289 g/mol. The molecule has 6 nitrogen and oxygen atoms in total. The molecule has 6 heteroatoms. The van der Waals surface area contributed by atoms with Crippen molar-refractivity contribution in [3.63, 3.8) is 0 Å². The number of anilines is 1. The molecule has 0 saturated carbocycles. The number of hydrogen-bond donors (Lipinski definition) is 2. The molecule has 1 aromatic carbocycles. The molecule has 1 saturated heterocycles. The minimum Gasteiger partial charge on any atom is -0.344 e. The summed E-state index contributed by atoms with van der Waals surface area (Å²) < 4.78 is 0. The minimum absolute atomic E-state index is 0.0416. The molecule has 2 rings (SSSR count). The van der Waals surface area contributed by atoms with Crippen LogP contribution < -0.4 is 10.6 Å². The van der Waals surface area contributed by atoms with E-state index < -0.39 is 6.04 Å². The van der Waals surface area contributed by atoms with Crippen LogP contribution in [0.3, 0.4) is 0 Å². The average molecular weight is 289 g/mol. The molecule has 1 aliphatic heterocycles. The quantitative estimate of drug-likeness (QED) is 0.812. The van der Waals surface area contributed by atoms with Crippen LogP contribution in [-0.2, 0) is 9.59 Å². The van der Waals surface area contributed by atoms with Crippen molar-refractivity contribution in [2.75, 3.05) is 18.9 Å². The predicted octanol–water partition coefficient (Wildman–Crippen LogP) is 0.996. The fourth-order valence-electron chi connectivity index (χ4n) is 2.36. The van der Waals surface area contributed by atoms with Crippen molar-refractivity contribution in [1.82, 2.24) is 10.2 Å². The van der Waals surface area contributed by atoms with Gasteiger partial charge in [0.25, 0.3) is 5.91 Å². The summed E-state index contributed by atoms with van der Waals surface area (Å²) in [4.78, 5) is 36.3. The molecule has 3 amide bonds. The Morgan fingerprint density at radius 2 is 2.00 bits per heavy atom. The molecular weight excluding hydrogens is 270 g/mol. The minimum atomic E-state index is -0.460. The van der Waals surface area contributed by atoms with Crippen molar-refractivity contribution in [1.29, 1.82) is 0 Å². The van der Waals surface area contributed by atoms with Crippen molar-refractivity contribution in [2.45, 2.75) is 25.3 Å². The van der Waals surface area contributed by atoms with Crippen molar-refractivity contribution in [2.24, 2.45) is 0 Å². The van der Waals surface area contributed by atoms with E-state index in [0.29, 0.717) is 24.1 Å². The molecule has 0 radical (unpaired) electrons. The van der Waals surface area contributed by atoms with E-state index in [1.165, 1.54) is 0 Å². The molecule has 21 heavy (non-hydrogen) atoms. The molecule has 0 bridgehead atoms. The number of hydrogen-bond acceptors (Lipinski definition) is 3. The normalized spacial score (nSPS) is 18.8. The summed E-state index contributed by atoms with van der Waals surface area (Å²) in [6.45, 7) is 0.733. The molecule has 0 spiro atoms. The van der Waals surface area contributed by atoms with Gasteiger partial charge in [0.05, 0.1) is 0 Å². The summed E-state index contributed by atoms with van der Waals surface area (Å²) in [5, 5.41) is 5.29. The maximum absolute atomic E-state index is 12.2. The van der Waals surface area contributed by atoms with Gasteiger partial charge in [-0.2, -0.15) is 0 Å². The molecule has 1 aromatic rings. The second-order valence-electron chi connectivity index (χ2n) is 5.12. The molecular formula is C15H19N3O3. The first-order chi connectivity index (χ1) is 10.1. The zero-order valence-corrected chi connectivity index (χ0v) is 12.0. The third-order valence-corrected chi connectivity index (χ3v) is 3.59. The molecule has 1 aliphatic rings. The molecule has 0 aromatic heterocycles. The van der Waals surface area contributed by atoms with Crippen LogP contribution in [-0.4, -0.2) is 42.8 Å². The first-order valence-corrected chi connectivity index (χ1v) is 6.98. The zero-order chi connectivity index (χ0) is 15.2. The fourth-order valence-corrected chi connectivity index (χ4v) is 2.36. The molecule has 1 heterocycles. The van der Waals surface area contributed by atoms with E-state index in [4.69, 9.17) is 0 Å². The van der Waals surface area contributed by atoms with Crippen molar-refractivity contribution in [3.05, 3.63) is 29.8 Å². The Hall–Kier alpha value is -2.37. The van der Waals surface area contributed by atoms with Gasteiger partial charge in [-0.1, -0.05) is 0 Å². The lowest BCUT2D eigenvalue weighted by molar-refractivity contribution is -0.131. The number of nitrogens with zero attached hydrogens (tertiary/aromatic N) is 1. The number of likely N-dealkylation sites (tertiary alicyclic amines) is 1. The maximum atomic E-state index is 12.2. The van der Waals surface area contributed by atoms with Crippen LogP contribution in [0.5, 0.6) is 0 Å². The Labute approximate surface area is 123 Å². The van der Waals surface area contributed by atoms with Crippen LogP contribution in [0.15, 0.2) is 24.3 Å². The zero-order valence-electron chi connectivity index (χ0n) is 12.0. The van der Waals surface area contributed by atoms with E-state index in [1.54, 1.807) is 36.2 Å². The van der Waals surface area contributed by atoms with Gasteiger partial charge in [-0.25, -0.2) is 0 Å². The highest BCUT2D eigenvalue weighted by molar-refractivity contribution is 5.97. The second-order valence-corrected chi connectivity index (χ2v) is 5.12. The maximum Gasteiger partial charge on any atom is 0.251 e. The van der Waals surface area contributed by atoms with E-state index in [-0.39, 0.29) is 11.8 Å². The first-order valence-electron chi connectivity index (χ1n) is 6.98. The third-order valence-electron chi connectivity index (χ3n) is 3.59. The fraction of sp³-hybridized carbons (Fsp3) is 0.400. The molecule has 2 N–H and O–H groups in total. The number of nitrogens with one attached hydrogen (secondary N) is 2. The van der Waals surface area contributed by atoms with Gasteiger partial charge in [-0.05, 0) is 43.5 Å². The van der Waals surface area contributed by atoms with Gasteiger partial charge in [0.15, 0.2) is 0 Å². The number of rotatable bonds is 4. The first kappa shape index (κ1) is 15.0. The van der Waals surface area contributed by atoms with Crippen LogP contribution in [0.25, 0.3) is 0 Å². The highest BCUT2D eigenvalue weighted by Crippen LogP contribution is 2.13. The van der Waals surface area contributed by atoms with Gasteiger partial charge in [-0.3, -0.25) is 14.4 Å². The Bertz CT molecular complexity index is 527. The van der Waals surface area contributed by atoms with E-state index in [1.807, 2.05) is 0 Å². The van der Waals surface area contributed by atoms with Gasteiger partial charge in [0.2, 0.25) is 12.3 Å². The number of benzene rings is 1. The number of carbonyl (C=O) groups is 3. The second kappa shape index (κ2) is 6.88. The Kier molecular flexibility index (Phi) is 4.92. The summed E-state index contributed by atoms with van der Waals surface area (Å²) in [7, 11) is 1.76. The van der Waals surface area contributed by atoms with Gasteiger partial charge in [-0.15, -0.1) is 0 Å². The molecule has 112 valence electrons. The van der Waals surface area contributed by atoms with E-state index >= 15 is 0 Å².